The summed E-state index contributed by atoms with van der Waals surface area (Å²) < 4.78 is 5.07. The number of hydrogen-bond donors (Lipinski definition) is 1. The van der Waals surface area contributed by atoms with Crippen molar-refractivity contribution < 1.29 is 4.74 Å². The van der Waals surface area contributed by atoms with Crippen LogP contribution in [0.1, 0.15) is 5.56 Å². The first-order chi connectivity index (χ1) is 6.36. The average Bonchev–Trinajstić information content (AvgIpc) is 2.22. The molecule has 0 saturated heterocycles. The van der Waals surface area contributed by atoms with E-state index < -0.39 is 0 Å². The largest absolute Gasteiger partial charge is 0.497 e. The Morgan fingerprint density at radius 1 is 1.38 bits per heavy atom. The van der Waals surface area contributed by atoms with Gasteiger partial charge in [-0.1, -0.05) is 12.1 Å². The quantitative estimate of drug-likeness (QED) is 0.709. The molecule has 0 heterocycles. The fraction of sp³-hybridized carbons (Fsp3) is 0.273. The Morgan fingerprint density at radius 3 is 2.62 bits per heavy atom. The number of benzene rings is 1. The number of terminal acetylenes is 1. The summed E-state index contributed by atoms with van der Waals surface area (Å²) in [7, 11) is 3.61. The summed E-state index contributed by atoms with van der Waals surface area (Å²) in [5.41, 5.74) is 1.24. The molecule has 0 bridgehead atoms. The predicted octanol–water partition coefficient (Wildman–Crippen LogP) is 1.66. The minimum atomic E-state index is 0.886. The van der Waals surface area contributed by atoms with Gasteiger partial charge in [-0.2, -0.15) is 0 Å². The van der Waals surface area contributed by atoms with E-state index in [0.29, 0.717) is 0 Å². The molecule has 0 aliphatic carbocycles. The lowest BCUT2D eigenvalue weighted by atomic mass is 10.2. The fourth-order valence-corrected chi connectivity index (χ4v) is 0.987. The highest BCUT2D eigenvalue weighted by molar-refractivity contribution is 5.28. The molecule has 0 aliphatic heterocycles. The third-order valence-corrected chi connectivity index (χ3v) is 1.52. The lowest BCUT2D eigenvalue weighted by Gasteiger charge is -2.02. The molecule has 0 aromatic heterocycles. The van der Waals surface area contributed by atoms with Crippen molar-refractivity contribution in [2.24, 2.45) is 0 Å². The Morgan fingerprint density at radius 2 is 2.08 bits per heavy atom. The molecule has 0 spiro atoms. The van der Waals surface area contributed by atoms with Crippen molar-refractivity contribution in [3.8, 4) is 18.6 Å². The smallest absolute Gasteiger partial charge is 0.119 e. The molecule has 13 heavy (non-hydrogen) atoms. The third-order valence-electron chi connectivity index (χ3n) is 1.52. The van der Waals surface area contributed by atoms with Gasteiger partial charge < -0.3 is 10.1 Å². The summed E-state index contributed by atoms with van der Waals surface area (Å²) in [5.74, 6) is 0.915. The standard InChI is InChI=1S/C9H13NO.C2H2/c1-10-7-8-4-3-5-9(6-8)11-2;1-2/h3-6,10H,7H2,1-2H3;1-2H. The zero-order valence-corrected chi connectivity index (χ0v) is 8.08. The summed E-state index contributed by atoms with van der Waals surface area (Å²) in [6, 6.07) is 8.03. The molecule has 1 aromatic carbocycles. The molecule has 1 N–H and O–H groups in total. The van der Waals surface area contributed by atoms with Crippen LogP contribution in [0.15, 0.2) is 24.3 Å². The van der Waals surface area contributed by atoms with Gasteiger partial charge in [0.15, 0.2) is 0 Å². The van der Waals surface area contributed by atoms with E-state index in [1.54, 1.807) is 7.11 Å². The van der Waals surface area contributed by atoms with Crippen molar-refractivity contribution in [3.05, 3.63) is 29.8 Å². The van der Waals surface area contributed by atoms with Gasteiger partial charge in [-0.3, -0.25) is 0 Å². The molecule has 0 radical (unpaired) electrons. The number of nitrogens with one attached hydrogen (secondary N) is 1. The second-order valence-electron chi connectivity index (χ2n) is 2.38. The Kier molecular flexibility index (Phi) is 6.39. The van der Waals surface area contributed by atoms with E-state index in [9.17, 15) is 0 Å². The fourth-order valence-electron chi connectivity index (χ4n) is 0.987. The van der Waals surface area contributed by atoms with Crippen LogP contribution in [-0.4, -0.2) is 14.2 Å². The van der Waals surface area contributed by atoms with Crippen molar-refractivity contribution in [1.82, 2.24) is 5.32 Å². The number of rotatable bonds is 3. The summed E-state index contributed by atoms with van der Waals surface area (Å²) in [6.07, 6.45) is 8.00. The lowest BCUT2D eigenvalue weighted by molar-refractivity contribution is 0.414. The molecule has 1 rings (SSSR count). The molecule has 0 fully saturated rings. The molecule has 70 valence electrons. The molecule has 2 nitrogen and oxygen atoms in total. The summed E-state index contributed by atoms with van der Waals surface area (Å²) in [6.45, 7) is 0.886. The lowest BCUT2D eigenvalue weighted by Crippen LogP contribution is -2.04. The second kappa shape index (κ2) is 7.20. The summed E-state index contributed by atoms with van der Waals surface area (Å²) in [5, 5.41) is 3.08. The van der Waals surface area contributed by atoms with Crippen LogP contribution in [-0.2, 0) is 6.54 Å². The van der Waals surface area contributed by atoms with E-state index in [0.717, 1.165) is 12.3 Å². The molecular weight excluding hydrogens is 162 g/mol. The Balaban J connectivity index is 0.000000671. The maximum atomic E-state index is 5.07. The summed E-state index contributed by atoms with van der Waals surface area (Å²) in [4.78, 5) is 0. The highest BCUT2D eigenvalue weighted by Crippen LogP contribution is 2.11. The van der Waals surface area contributed by atoms with Crippen LogP contribution in [0, 0.1) is 12.8 Å². The van der Waals surface area contributed by atoms with E-state index in [2.05, 4.69) is 24.2 Å². The molecule has 1 aromatic rings. The van der Waals surface area contributed by atoms with Gasteiger partial charge in [0.05, 0.1) is 7.11 Å². The van der Waals surface area contributed by atoms with Crippen LogP contribution in [0.25, 0.3) is 0 Å². The van der Waals surface area contributed by atoms with Gasteiger partial charge in [0.2, 0.25) is 0 Å². The first-order valence-corrected chi connectivity index (χ1v) is 3.97. The monoisotopic (exact) mass is 177 g/mol. The number of ether oxygens (including phenoxy) is 1. The van der Waals surface area contributed by atoms with Gasteiger partial charge >= 0.3 is 0 Å². The topological polar surface area (TPSA) is 21.3 Å². The van der Waals surface area contributed by atoms with Gasteiger partial charge in [-0.15, -0.1) is 12.8 Å². The van der Waals surface area contributed by atoms with E-state index in [1.807, 2.05) is 25.2 Å². The Bertz CT molecular complexity index is 255. The SMILES string of the molecule is C#C.CNCc1cccc(OC)c1. The highest BCUT2D eigenvalue weighted by Gasteiger charge is 1.92. The molecule has 0 saturated carbocycles. The van der Waals surface area contributed by atoms with Crippen molar-refractivity contribution in [2.45, 2.75) is 6.54 Å². The van der Waals surface area contributed by atoms with Crippen LogP contribution in [0.3, 0.4) is 0 Å². The van der Waals surface area contributed by atoms with Gasteiger partial charge in [0.25, 0.3) is 0 Å². The zero-order valence-electron chi connectivity index (χ0n) is 8.08. The van der Waals surface area contributed by atoms with Crippen LogP contribution >= 0.6 is 0 Å². The van der Waals surface area contributed by atoms with Crippen LogP contribution in [0.2, 0.25) is 0 Å². The first kappa shape index (κ1) is 11.5. The molecular formula is C11H15NO. The van der Waals surface area contributed by atoms with Gasteiger partial charge in [-0.05, 0) is 24.7 Å². The van der Waals surface area contributed by atoms with Crippen LogP contribution < -0.4 is 10.1 Å². The summed E-state index contributed by atoms with van der Waals surface area (Å²) >= 11 is 0. The van der Waals surface area contributed by atoms with E-state index in [4.69, 9.17) is 4.74 Å². The highest BCUT2D eigenvalue weighted by atomic mass is 16.5. The molecule has 0 atom stereocenters. The maximum absolute atomic E-state index is 5.07. The second-order valence-corrected chi connectivity index (χ2v) is 2.38. The Hall–Kier alpha value is -1.46. The van der Waals surface area contributed by atoms with Crippen molar-refractivity contribution in [1.29, 1.82) is 0 Å². The van der Waals surface area contributed by atoms with Crippen molar-refractivity contribution >= 4 is 0 Å². The number of hydrogen-bond acceptors (Lipinski definition) is 2. The number of methoxy groups -OCH3 is 1. The minimum Gasteiger partial charge on any atom is -0.497 e. The van der Waals surface area contributed by atoms with E-state index >= 15 is 0 Å². The predicted molar refractivity (Wildman–Crippen MR) is 55.6 cm³/mol. The minimum absolute atomic E-state index is 0.886. The molecule has 0 aliphatic rings. The molecule has 2 heteroatoms. The normalized spacial score (nSPS) is 8.31. The van der Waals surface area contributed by atoms with E-state index in [1.165, 1.54) is 5.56 Å². The van der Waals surface area contributed by atoms with Crippen molar-refractivity contribution in [3.63, 3.8) is 0 Å². The molecule has 0 unspecified atom stereocenters. The molecule has 0 amide bonds. The van der Waals surface area contributed by atoms with Crippen molar-refractivity contribution in [2.75, 3.05) is 14.2 Å². The van der Waals surface area contributed by atoms with Gasteiger partial charge in [-0.25, -0.2) is 0 Å². The van der Waals surface area contributed by atoms with E-state index in [-0.39, 0.29) is 0 Å². The Labute approximate surface area is 79.9 Å². The zero-order chi connectivity index (χ0) is 10.1. The first-order valence-electron chi connectivity index (χ1n) is 3.97. The van der Waals surface area contributed by atoms with Gasteiger partial charge in [0.1, 0.15) is 5.75 Å². The third kappa shape index (κ3) is 4.19. The van der Waals surface area contributed by atoms with Crippen LogP contribution in [0.4, 0.5) is 0 Å². The average molecular weight is 177 g/mol. The van der Waals surface area contributed by atoms with Gasteiger partial charge in [0, 0.05) is 6.54 Å². The maximum Gasteiger partial charge on any atom is 0.119 e. The van der Waals surface area contributed by atoms with Crippen LogP contribution in [0.5, 0.6) is 5.75 Å².